The molecule has 25 heavy (non-hydrogen) atoms. The second kappa shape index (κ2) is 6.09. The SMILES string of the molecule is CC(C)NC(=O)c1cc(-c2ccc3c(c2)OCO3)nc2ccccc12. The van der Waals surface area contributed by atoms with Crippen LogP contribution in [0.3, 0.4) is 0 Å². The minimum absolute atomic E-state index is 0.0634. The second-order valence-electron chi connectivity index (χ2n) is 6.27. The Morgan fingerprint density at radius 3 is 2.72 bits per heavy atom. The van der Waals surface area contributed by atoms with Crippen molar-refractivity contribution in [2.24, 2.45) is 0 Å². The number of hydrogen-bond acceptors (Lipinski definition) is 4. The molecule has 0 unspecified atom stereocenters. The fraction of sp³-hybridized carbons (Fsp3) is 0.200. The van der Waals surface area contributed by atoms with E-state index >= 15 is 0 Å². The summed E-state index contributed by atoms with van der Waals surface area (Å²) in [5, 5.41) is 3.80. The summed E-state index contributed by atoms with van der Waals surface area (Å²) in [7, 11) is 0. The standard InChI is InChI=1S/C20H18N2O3/c1-12(2)21-20(23)15-10-17(22-16-6-4-3-5-14(15)16)13-7-8-18-19(9-13)25-11-24-18/h3-10,12H,11H2,1-2H3,(H,21,23). The van der Waals surface area contributed by atoms with Crippen molar-refractivity contribution in [3.05, 3.63) is 54.1 Å². The summed E-state index contributed by atoms with van der Waals surface area (Å²) in [5.74, 6) is 1.32. The molecule has 0 spiro atoms. The fourth-order valence-electron chi connectivity index (χ4n) is 2.91. The summed E-state index contributed by atoms with van der Waals surface area (Å²) in [6.45, 7) is 4.12. The van der Waals surface area contributed by atoms with Gasteiger partial charge >= 0.3 is 0 Å². The lowest BCUT2D eigenvalue weighted by Crippen LogP contribution is -2.30. The predicted octanol–water partition coefficient (Wildman–Crippen LogP) is 3.77. The van der Waals surface area contributed by atoms with Gasteiger partial charge in [0.15, 0.2) is 11.5 Å². The maximum atomic E-state index is 12.7. The number of hydrogen-bond donors (Lipinski definition) is 1. The van der Waals surface area contributed by atoms with Crippen molar-refractivity contribution in [3.8, 4) is 22.8 Å². The molecule has 5 heteroatoms. The molecular formula is C20H18N2O3. The lowest BCUT2D eigenvalue weighted by Gasteiger charge is -2.12. The van der Waals surface area contributed by atoms with Crippen LogP contribution in [-0.2, 0) is 0 Å². The molecule has 0 bridgehead atoms. The number of nitrogens with zero attached hydrogens (tertiary/aromatic N) is 1. The molecule has 1 aliphatic heterocycles. The molecule has 0 atom stereocenters. The number of carbonyl (C=O) groups is 1. The normalized spacial score (nSPS) is 12.6. The van der Waals surface area contributed by atoms with E-state index in [1.165, 1.54) is 0 Å². The Hall–Kier alpha value is -3.08. The van der Waals surface area contributed by atoms with Gasteiger partial charge in [0.1, 0.15) is 0 Å². The van der Waals surface area contributed by atoms with Crippen LogP contribution in [0.4, 0.5) is 0 Å². The second-order valence-corrected chi connectivity index (χ2v) is 6.27. The molecule has 0 radical (unpaired) electrons. The van der Waals surface area contributed by atoms with Crippen molar-refractivity contribution in [1.82, 2.24) is 10.3 Å². The highest BCUT2D eigenvalue weighted by Crippen LogP contribution is 2.36. The number of para-hydroxylation sites is 1. The van der Waals surface area contributed by atoms with E-state index in [1.54, 1.807) is 0 Å². The van der Waals surface area contributed by atoms with E-state index in [9.17, 15) is 4.79 Å². The van der Waals surface area contributed by atoms with Gasteiger partial charge in [-0.15, -0.1) is 0 Å². The number of fused-ring (bicyclic) bond motifs is 2. The van der Waals surface area contributed by atoms with Crippen LogP contribution < -0.4 is 14.8 Å². The van der Waals surface area contributed by atoms with E-state index in [2.05, 4.69) is 5.32 Å². The van der Waals surface area contributed by atoms with E-state index in [1.807, 2.05) is 62.4 Å². The highest BCUT2D eigenvalue weighted by atomic mass is 16.7. The van der Waals surface area contributed by atoms with E-state index in [0.29, 0.717) is 11.3 Å². The molecule has 0 saturated heterocycles. The van der Waals surface area contributed by atoms with Gasteiger partial charge in [0.05, 0.1) is 16.8 Å². The van der Waals surface area contributed by atoms with Gasteiger partial charge in [-0.05, 0) is 44.2 Å². The zero-order chi connectivity index (χ0) is 17.4. The summed E-state index contributed by atoms with van der Waals surface area (Å²) >= 11 is 0. The van der Waals surface area contributed by atoms with Crippen molar-refractivity contribution in [3.63, 3.8) is 0 Å². The maximum Gasteiger partial charge on any atom is 0.252 e. The van der Waals surface area contributed by atoms with Gasteiger partial charge in [-0.2, -0.15) is 0 Å². The number of ether oxygens (including phenoxy) is 2. The molecule has 5 nitrogen and oxygen atoms in total. The van der Waals surface area contributed by atoms with Crippen molar-refractivity contribution in [2.75, 3.05) is 6.79 Å². The minimum atomic E-state index is -0.101. The van der Waals surface area contributed by atoms with Gasteiger partial charge in [-0.25, -0.2) is 4.98 Å². The maximum absolute atomic E-state index is 12.7. The van der Waals surface area contributed by atoms with Crippen LogP contribution in [0.15, 0.2) is 48.5 Å². The van der Waals surface area contributed by atoms with Gasteiger partial charge in [-0.1, -0.05) is 18.2 Å². The lowest BCUT2D eigenvalue weighted by atomic mass is 10.0. The smallest absolute Gasteiger partial charge is 0.252 e. The highest BCUT2D eigenvalue weighted by molar-refractivity contribution is 6.07. The van der Waals surface area contributed by atoms with Crippen LogP contribution in [0.25, 0.3) is 22.2 Å². The number of nitrogens with one attached hydrogen (secondary N) is 1. The zero-order valence-corrected chi connectivity index (χ0v) is 14.1. The van der Waals surface area contributed by atoms with Crippen molar-refractivity contribution in [2.45, 2.75) is 19.9 Å². The van der Waals surface area contributed by atoms with Crippen LogP contribution in [0.2, 0.25) is 0 Å². The Balaban J connectivity index is 1.86. The molecule has 0 fully saturated rings. The van der Waals surface area contributed by atoms with Gasteiger partial charge in [-0.3, -0.25) is 4.79 Å². The zero-order valence-electron chi connectivity index (χ0n) is 14.1. The number of benzene rings is 2. The van der Waals surface area contributed by atoms with Crippen LogP contribution in [-0.4, -0.2) is 23.7 Å². The third kappa shape index (κ3) is 2.89. The molecule has 0 aliphatic carbocycles. The Morgan fingerprint density at radius 1 is 1.08 bits per heavy atom. The van der Waals surface area contributed by atoms with E-state index < -0.39 is 0 Å². The van der Waals surface area contributed by atoms with E-state index in [4.69, 9.17) is 14.5 Å². The van der Waals surface area contributed by atoms with Gasteiger partial charge in [0, 0.05) is 17.0 Å². The van der Waals surface area contributed by atoms with Crippen LogP contribution in [0.5, 0.6) is 11.5 Å². The van der Waals surface area contributed by atoms with Crippen LogP contribution in [0, 0.1) is 0 Å². The van der Waals surface area contributed by atoms with Gasteiger partial charge < -0.3 is 14.8 Å². The fourth-order valence-corrected chi connectivity index (χ4v) is 2.91. The Labute approximate surface area is 145 Å². The third-order valence-electron chi connectivity index (χ3n) is 4.05. The predicted molar refractivity (Wildman–Crippen MR) is 95.9 cm³/mol. The third-order valence-corrected chi connectivity index (χ3v) is 4.05. The summed E-state index contributed by atoms with van der Waals surface area (Å²) in [4.78, 5) is 17.4. The molecule has 4 rings (SSSR count). The minimum Gasteiger partial charge on any atom is -0.454 e. The molecule has 2 aromatic carbocycles. The molecule has 1 amide bonds. The first-order valence-corrected chi connectivity index (χ1v) is 8.22. The number of pyridine rings is 1. The summed E-state index contributed by atoms with van der Waals surface area (Å²) in [5.41, 5.74) is 3.01. The van der Waals surface area contributed by atoms with Gasteiger partial charge in [0.2, 0.25) is 6.79 Å². The topological polar surface area (TPSA) is 60.5 Å². The summed E-state index contributed by atoms with van der Waals surface area (Å²) in [6, 6.07) is 15.2. The molecule has 1 N–H and O–H groups in total. The Bertz CT molecular complexity index is 966. The highest BCUT2D eigenvalue weighted by Gasteiger charge is 2.17. The molecule has 1 aromatic heterocycles. The summed E-state index contributed by atoms with van der Waals surface area (Å²) < 4.78 is 10.8. The van der Waals surface area contributed by atoms with Crippen LogP contribution >= 0.6 is 0 Å². The first kappa shape index (κ1) is 15.4. The lowest BCUT2D eigenvalue weighted by molar-refractivity contribution is 0.0944. The summed E-state index contributed by atoms with van der Waals surface area (Å²) in [6.07, 6.45) is 0. The van der Waals surface area contributed by atoms with Gasteiger partial charge in [0.25, 0.3) is 5.91 Å². The van der Waals surface area contributed by atoms with Crippen LogP contribution in [0.1, 0.15) is 24.2 Å². The average Bonchev–Trinajstić information content (AvgIpc) is 3.07. The number of amides is 1. The van der Waals surface area contributed by atoms with E-state index in [-0.39, 0.29) is 18.7 Å². The number of aromatic nitrogens is 1. The Kier molecular flexibility index (Phi) is 3.76. The molecule has 3 aromatic rings. The molecule has 0 saturated carbocycles. The first-order valence-electron chi connectivity index (χ1n) is 8.22. The molecule has 2 heterocycles. The van der Waals surface area contributed by atoms with Crippen molar-refractivity contribution < 1.29 is 14.3 Å². The number of rotatable bonds is 3. The molecular weight excluding hydrogens is 316 g/mol. The molecule has 1 aliphatic rings. The van der Waals surface area contributed by atoms with E-state index in [0.717, 1.165) is 27.9 Å². The van der Waals surface area contributed by atoms with Crippen molar-refractivity contribution >= 4 is 16.8 Å². The largest absolute Gasteiger partial charge is 0.454 e. The Morgan fingerprint density at radius 2 is 1.88 bits per heavy atom. The first-order chi connectivity index (χ1) is 12.1. The number of carbonyl (C=O) groups excluding carboxylic acids is 1. The monoisotopic (exact) mass is 334 g/mol. The molecule has 126 valence electrons. The quantitative estimate of drug-likeness (QED) is 0.792. The average molecular weight is 334 g/mol. The van der Waals surface area contributed by atoms with Crippen molar-refractivity contribution in [1.29, 1.82) is 0 Å².